The van der Waals surface area contributed by atoms with E-state index in [-0.39, 0.29) is 5.50 Å². The normalized spacial score (nSPS) is 17.4. The lowest BCUT2D eigenvalue weighted by atomic mass is 10.2. The Hall–Kier alpha value is 0.500. The van der Waals surface area contributed by atoms with E-state index in [2.05, 4.69) is 0 Å². The average molecular weight is 186 g/mol. The van der Waals surface area contributed by atoms with Gasteiger partial charge in [0.1, 0.15) is 5.50 Å². The van der Waals surface area contributed by atoms with Gasteiger partial charge in [0.15, 0.2) is 0 Å². The molecule has 0 aromatic carbocycles. The number of aliphatic hydroxyl groups excluding tert-OH is 1. The van der Waals surface area contributed by atoms with Crippen molar-refractivity contribution in [1.29, 1.82) is 0 Å². The molecular weight excluding hydrogens is 173 g/mol. The van der Waals surface area contributed by atoms with Crippen molar-refractivity contribution in [2.24, 2.45) is 0 Å². The zero-order valence-electron chi connectivity index (χ0n) is 6.22. The summed E-state index contributed by atoms with van der Waals surface area (Å²) < 4.78 is 0. The van der Waals surface area contributed by atoms with Gasteiger partial charge < -0.3 is 5.11 Å². The highest BCUT2D eigenvalue weighted by molar-refractivity contribution is 6.21. The first-order valence-corrected chi connectivity index (χ1v) is 4.11. The van der Waals surface area contributed by atoms with Crippen molar-refractivity contribution in [3.8, 4) is 0 Å². The first kappa shape index (κ1) is 10.5. The Bertz CT molecular complexity index is 89.8. The molecule has 0 aromatic rings. The average Bonchev–Trinajstić information content (AvgIpc) is 1.87. The lowest BCUT2D eigenvalue weighted by Crippen LogP contribution is -2.34. The van der Waals surface area contributed by atoms with Crippen LogP contribution < -0.4 is 0 Å². The molecule has 0 aromatic heterocycles. The molecule has 2 nitrogen and oxygen atoms in total. The smallest absolute Gasteiger partial charge is 0.111 e. The lowest BCUT2D eigenvalue weighted by Gasteiger charge is -2.22. The summed E-state index contributed by atoms with van der Waals surface area (Å²) in [6, 6.07) is 0. The molecule has 2 unspecified atom stereocenters. The molecule has 0 aliphatic heterocycles. The molecule has 0 radical (unpaired) electrons. The Morgan fingerprint density at radius 3 is 2.30 bits per heavy atom. The molecule has 4 heteroatoms. The molecule has 0 amide bonds. The van der Waals surface area contributed by atoms with Gasteiger partial charge in [0.25, 0.3) is 0 Å². The van der Waals surface area contributed by atoms with Crippen LogP contribution in [0.15, 0.2) is 0 Å². The van der Waals surface area contributed by atoms with Gasteiger partial charge in [-0.3, -0.25) is 4.90 Å². The standard InChI is InChI=1S/C6H13Cl2NO/c1-9(2)6(8)5(10)3-4-7/h5-6,10H,3-4H2,1-2H3. The van der Waals surface area contributed by atoms with E-state index in [1.807, 2.05) is 14.1 Å². The topological polar surface area (TPSA) is 23.5 Å². The number of halogens is 2. The van der Waals surface area contributed by atoms with E-state index in [1.54, 1.807) is 4.90 Å². The number of rotatable bonds is 4. The first-order valence-electron chi connectivity index (χ1n) is 3.14. The van der Waals surface area contributed by atoms with Crippen molar-refractivity contribution in [1.82, 2.24) is 4.90 Å². The van der Waals surface area contributed by atoms with Crippen LogP contribution in [0.4, 0.5) is 0 Å². The first-order chi connectivity index (χ1) is 4.59. The van der Waals surface area contributed by atoms with Gasteiger partial charge >= 0.3 is 0 Å². The van der Waals surface area contributed by atoms with Crippen LogP contribution >= 0.6 is 23.2 Å². The third kappa shape index (κ3) is 3.62. The van der Waals surface area contributed by atoms with Crippen LogP contribution in [0, 0.1) is 0 Å². The van der Waals surface area contributed by atoms with E-state index in [9.17, 15) is 5.11 Å². The molecule has 0 fully saturated rings. The van der Waals surface area contributed by atoms with Crippen molar-refractivity contribution in [3.05, 3.63) is 0 Å². The minimum Gasteiger partial charge on any atom is -0.390 e. The SMILES string of the molecule is CN(C)C(Cl)C(O)CCCl. The summed E-state index contributed by atoms with van der Waals surface area (Å²) in [5, 5.41) is 9.23. The third-order valence-corrected chi connectivity index (χ3v) is 2.12. The highest BCUT2D eigenvalue weighted by Gasteiger charge is 2.16. The van der Waals surface area contributed by atoms with Crippen LogP contribution in [0.5, 0.6) is 0 Å². The van der Waals surface area contributed by atoms with Gasteiger partial charge in [0.2, 0.25) is 0 Å². The predicted molar refractivity (Wildman–Crippen MR) is 44.7 cm³/mol. The zero-order chi connectivity index (χ0) is 8.15. The number of aliphatic hydroxyl groups is 1. The van der Waals surface area contributed by atoms with Crippen LogP contribution in [0.3, 0.4) is 0 Å². The molecule has 0 heterocycles. The Balaban J connectivity index is 3.58. The highest BCUT2D eigenvalue weighted by atomic mass is 35.5. The van der Waals surface area contributed by atoms with E-state index >= 15 is 0 Å². The van der Waals surface area contributed by atoms with Gasteiger partial charge in [0, 0.05) is 5.88 Å². The van der Waals surface area contributed by atoms with Crippen molar-refractivity contribution in [2.75, 3.05) is 20.0 Å². The molecule has 0 spiro atoms. The van der Waals surface area contributed by atoms with Crippen LogP contribution in [-0.4, -0.2) is 41.6 Å². The Kier molecular flexibility index (Phi) is 5.45. The number of nitrogens with zero attached hydrogens (tertiary/aromatic N) is 1. The van der Waals surface area contributed by atoms with E-state index in [0.29, 0.717) is 12.3 Å². The summed E-state index contributed by atoms with van der Waals surface area (Å²) in [6.07, 6.45) is 0.00244. The molecule has 2 atom stereocenters. The minimum absolute atomic E-state index is 0.334. The fourth-order valence-electron chi connectivity index (χ4n) is 0.593. The van der Waals surface area contributed by atoms with Crippen LogP contribution in [-0.2, 0) is 0 Å². The summed E-state index contributed by atoms with van der Waals surface area (Å²) in [6.45, 7) is 0. The van der Waals surface area contributed by atoms with E-state index in [4.69, 9.17) is 23.2 Å². The largest absolute Gasteiger partial charge is 0.390 e. The number of alkyl halides is 2. The molecule has 0 rings (SSSR count). The Morgan fingerprint density at radius 2 is 2.00 bits per heavy atom. The summed E-state index contributed by atoms with van der Waals surface area (Å²) in [7, 11) is 3.63. The summed E-state index contributed by atoms with van der Waals surface area (Å²) in [4.78, 5) is 1.75. The second kappa shape index (κ2) is 5.19. The Labute approximate surface area is 71.7 Å². The van der Waals surface area contributed by atoms with Crippen molar-refractivity contribution in [3.63, 3.8) is 0 Å². The van der Waals surface area contributed by atoms with Gasteiger partial charge in [-0.25, -0.2) is 0 Å². The maximum Gasteiger partial charge on any atom is 0.111 e. The molecule has 0 bridgehead atoms. The fourth-order valence-corrected chi connectivity index (χ4v) is 0.943. The second-order valence-corrected chi connectivity index (χ2v) is 3.21. The molecule has 10 heavy (non-hydrogen) atoms. The second-order valence-electron chi connectivity index (χ2n) is 2.38. The number of likely N-dealkylation sites (N-methyl/N-ethyl adjacent to an activating group) is 1. The van der Waals surface area contributed by atoms with Gasteiger partial charge in [-0.1, -0.05) is 0 Å². The molecule has 1 N–H and O–H groups in total. The summed E-state index contributed by atoms with van der Waals surface area (Å²) in [5.74, 6) is 0.443. The zero-order valence-corrected chi connectivity index (χ0v) is 7.73. The quantitative estimate of drug-likeness (QED) is 0.525. The van der Waals surface area contributed by atoms with E-state index in [1.165, 1.54) is 0 Å². The maximum absolute atomic E-state index is 9.23. The number of hydrogen-bond donors (Lipinski definition) is 1. The van der Waals surface area contributed by atoms with E-state index in [0.717, 1.165) is 0 Å². The van der Waals surface area contributed by atoms with Crippen LogP contribution in [0.1, 0.15) is 6.42 Å². The third-order valence-electron chi connectivity index (χ3n) is 1.22. The lowest BCUT2D eigenvalue weighted by molar-refractivity contribution is 0.114. The van der Waals surface area contributed by atoms with E-state index < -0.39 is 6.10 Å². The summed E-state index contributed by atoms with van der Waals surface area (Å²) >= 11 is 11.2. The van der Waals surface area contributed by atoms with Crippen LogP contribution in [0.25, 0.3) is 0 Å². The maximum atomic E-state index is 9.23. The molecule has 0 saturated heterocycles. The Morgan fingerprint density at radius 1 is 1.50 bits per heavy atom. The van der Waals surface area contributed by atoms with Crippen molar-refractivity contribution >= 4 is 23.2 Å². The van der Waals surface area contributed by atoms with Gasteiger partial charge in [-0.15, -0.1) is 23.2 Å². The van der Waals surface area contributed by atoms with Crippen LogP contribution in [0.2, 0.25) is 0 Å². The van der Waals surface area contributed by atoms with Gasteiger partial charge in [-0.05, 0) is 20.5 Å². The van der Waals surface area contributed by atoms with Crippen molar-refractivity contribution in [2.45, 2.75) is 18.0 Å². The van der Waals surface area contributed by atoms with Crippen molar-refractivity contribution < 1.29 is 5.11 Å². The molecule has 62 valence electrons. The number of hydrogen-bond acceptors (Lipinski definition) is 2. The summed E-state index contributed by atoms with van der Waals surface area (Å²) in [5.41, 5.74) is -0.334. The minimum atomic E-state index is -0.533. The molecule has 0 aliphatic carbocycles. The van der Waals surface area contributed by atoms with Gasteiger partial charge in [0.05, 0.1) is 6.10 Å². The molecular formula is C6H13Cl2NO. The molecule has 0 aliphatic rings. The molecule has 0 saturated carbocycles. The monoisotopic (exact) mass is 185 g/mol. The highest BCUT2D eigenvalue weighted by Crippen LogP contribution is 2.09. The predicted octanol–water partition coefficient (Wildman–Crippen LogP) is 1.10. The van der Waals surface area contributed by atoms with Gasteiger partial charge in [-0.2, -0.15) is 0 Å². The fraction of sp³-hybridized carbons (Fsp3) is 1.00.